The van der Waals surface area contributed by atoms with E-state index in [0.717, 1.165) is 22.7 Å². The Morgan fingerprint density at radius 3 is 2.83 bits per heavy atom. The monoisotopic (exact) mass is 269 g/mol. The summed E-state index contributed by atoms with van der Waals surface area (Å²) in [6.45, 7) is 1.86. The minimum atomic E-state index is -0.455. The molecule has 1 heterocycles. The Morgan fingerprint density at radius 1 is 1.44 bits per heavy atom. The van der Waals surface area contributed by atoms with Gasteiger partial charge >= 0.3 is 0 Å². The van der Waals surface area contributed by atoms with Gasteiger partial charge in [0.25, 0.3) is 0 Å². The van der Waals surface area contributed by atoms with E-state index >= 15 is 0 Å². The minimum Gasteiger partial charge on any atom is -0.271 e. The molecule has 18 heavy (non-hydrogen) atoms. The molecule has 0 aliphatic heterocycles. The lowest BCUT2D eigenvalue weighted by molar-refractivity contribution is 0.526. The molecule has 0 radical (unpaired) electrons. The number of hydrogen-bond donors (Lipinski definition) is 2. The summed E-state index contributed by atoms with van der Waals surface area (Å²) >= 11 is 1.44. The number of nitrogens with two attached hydrogens (primary N) is 1. The van der Waals surface area contributed by atoms with Gasteiger partial charge in [-0.15, -0.1) is 11.3 Å². The van der Waals surface area contributed by atoms with Gasteiger partial charge in [-0.3, -0.25) is 11.3 Å². The van der Waals surface area contributed by atoms with E-state index in [4.69, 9.17) is 5.84 Å². The molecule has 3 N–H and O–H groups in total. The van der Waals surface area contributed by atoms with Crippen LogP contribution >= 0.6 is 11.3 Å². The highest BCUT2D eigenvalue weighted by molar-refractivity contribution is 7.09. The van der Waals surface area contributed by atoms with Crippen LogP contribution in [0.3, 0.4) is 0 Å². The summed E-state index contributed by atoms with van der Waals surface area (Å²) in [6, 6.07) is 3.14. The summed E-state index contributed by atoms with van der Waals surface area (Å²) < 4.78 is 26.7. The van der Waals surface area contributed by atoms with Crippen LogP contribution in [-0.4, -0.2) is 4.98 Å². The first-order valence-electron chi connectivity index (χ1n) is 5.42. The average Bonchev–Trinajstić information content (AvgIpc) is 2.77. The fraction of sp³-hybridized carbons (Fsp3) is 0.250. The molecule has 6 heteroatoms. The molecule has 3 nitrogen and oxygen atoms in total. The highest BCUT2D eigenvalue weighted by atomic mass is 32.1. The van der Waals surface area contributed by atoms with E-state index in [-0.39, 0.29) is 12.5 Å². The summed E-state index contributed by atoms with van der Waals surface area (Å²) in [7, 11) is 0. The predicted octanol–water partition coefficient (Wildman–Crippen LogP) is 2.48. The Hall–Kier alpha value is -1.37. The van der Waals surface area contributed by atoms with Crippen LogP contribution in [0.15, 0.2) is 23.7 Å². The molecule has 0 saturated heterocycles. The van der Waals surface area contributed by atoms with E-state index in [1.165, 1.54) is 17.4 Å². The zero-order valence-corrected chi connectivity index (χ0v) is 10.6. The molecule has 0 spiro atoms. The van der Waals surface area contributed by atoms with E-state index in [0.29, 0.717) is 5.56 Å². The Balaban J connectivity index is 2.26. The number of aromatic nitrogens is 1. The number of thiazole rings is 1. The van der Waals surface area contributed by atoms with E-state index in [1.807, 2.05) is 6.92 Å². The van der Waals surface area contributed by atoms with Crippen LogP contribution < -0.4 is 11.3 Å². The topological polar surface area (TPSA) is 50.9 Å². The third kappa shape index (κ3) is 2.72. The molecule has 0 saturated carbocycles. The molecule has 1 atom stereocenters. The average molecular weight is 269 g/mol. The summed E-state index contributed by atoms with van der Waals surface area (Å²) in [5.41, 5.74) is 5.47. The Morgan fingerprint density at radius 2 is 2.22 bits per heavy atom. The molecule has 0 aliphatic carbocycles. The maximum Gasteiger partial charge on any atom is 0.126 e. The van der Waals surface area contributed by atoms with Gasteiger partial charge in [0.1, 0.15) is 11.6 Å². The van der Waals surface area contributed by atoms with Crippen LogP contribution in [0, 0.1) is 18.6 Å². The van der Waals surface area contributed by atoms with Crippen molar-refractivity contribution in [1.82, 2.24) is 10.4 Å². The number of nitrogens with zero attached hydrogens (tertiary/aromatic N) is 1. The lowest BCUT2D eigenvalue weighted by atomic mass is 10.0. The van der Waals surface area contributed by atoms with Crippen LogP contribution in [0.4, 0.5) is 8.78 Å². The van der Waals surface area contributed by atoms with Crippen LogP contribution in [0.25, 0.3) is 0 Å². The summed E-state index contributed by atoms with van der Waals surface area (Å²) in [6.07, 6.45) is 0.281. The van der Waals surface area contributed by atoms with Crippen molar-refractivity contribution in [2.24, 2.45) is 5.84 Å². The normalized spacial score (nSPS) is 12.7. The first-order valence-corrected chi connectivity index (χ1v) is 6.30. The Kier molecular flexibility index (Phi) is 4.00. The molecule has 1 aromatic carbocycles. The van der Waals surface area contributed by atoms with E-state index in [2.05, 4.69) is 10.4 Å². The quantitative estimate of drug-likeness (QED) is 0.662. The van der Waals surface area contributed by atoms with Crippen molar-refractivity contribution in [2.45, 2.75) is 19.4 Å². The molecule has 1 aromatic heterocycles. The van der Waals surface area contributed by atoms with Crippen molar-refractivity contribution in [1.29, 1.82) is 0 Å². The molecule has 2 aromatic rings. The van der Waals surface area contributed by atoms with Gasteiger partial charge in [-0.05, 0) is 37.1 Å². The maximum atomic E-state index is 13.6. The minimum absolute atomic E-state index is 0.270. The van der Waals surface area contributed by atoms with Crippen molar-refractivity contribution >= 4 is 11.3 Å². The highest BCUT2D eigenvalue weighted by Gasteiger charge is 2.17. The van der Waals surface area contributed by atoms with Crippen molar-refractivity contribution in [2.75, 3.05) is 0 Å². The van der Waals surface area contributed by atoms with E-state index in [9.17, 15) is 8.78 Å². The van der Waals surface area contributed by atoms with Gasteiger partial charge < -0.3 is 0 Å². The molecule has 0 bridgehead atoms. The Labute approximate surface area is 108 Å². The van der Waals surface area contributed by atoms with Crippen LogP contribution in [0.5, 0.6) is 0 Å². The number of aryl methyl sites for hydroxylation is 1. The standard InChI is InChI=1S/C12H13F2N3S/c1-7-12(18-6-16-7)11(17-15)5-8-4-9(13)2-3-10(8)14/h2-4,6,11,17H,5,15H2,1H3. The Bertz CT molecular complexity index is 542. The number of halogens is 2. The lowest BCUT2D eigenvalue weighted by Gasteiger charge is -2.15. The van der Waals surface area contributed by atoms with Crippen LogP contribution in [-0.2, 0) is 6.42 Å². The van der Waals surface area contributed by atoms with Gasteiger partial charge in [0.05, 0.1) is 17.2 Å². The third-order valence-electron chi connectivity index (χ3n) is 2.73. The van der Waals surface area contributed by atoms with Crippen molar-refractivity contribution in [3.63, 3.8) is 0 Å². The SMILES string of the molecule is Cc1ncsc1C(Cc1cc(F)ccc1F)NN. The molecule has 1 unspecified atom stereocenters. The first-order chi connectivity index (χ1) is 8.61. The molecular formula is C12H13F2N3S. The van der Waals surface area contributed by atoms with Gasteiger partial charge in [-0.2, -0.15) is 0 Å². The maximum absolute atomic E-state index is 13.6. The second kappa shape index (κ2) is 5.51. The molecule has 96 valence electrons. The van der Waals surface area contributed by atoms with Gasteiger partial charge in [-0.25, -0.2) is 13.8 Å². The second-order valence-corrected chi connectivity index (χ2v) is 4.85. The van der Waals surface area contributed by atoms with Crippen molar-refractivity contribution in [3.8, 4) is 0 Å². The zero-order valence-electron chi connectivity index (χ0n) is 9.78. The molecule has 0 amide bonds. The van der Waals surface area contributed by atoms with Gasteiger partial charge in [0.2, 0.25) is 0 Å². The summed E-state index contributed by atoms with van der Waals surface area (Å²) in [5.74, 6) is 4.59. The third-order valence-corrected chi connectivity index (χ3v) is 3.78. The number of nitrogens with one attached hydrogen (secondary N) is 1. The molecule has 2 rings (SSSR count). The fourth-order valence-electron chi connectivity index (χ4n) is 1.79. The zero-order chi connectivity index (χ0) is 13.1. The van der Waals surface area contributed by atoms with E-state index < -0.39 is 11.6 Å². The summed E-state index contributed by atoms with van der Waals surface area (Å²) in [4.78, 5) is 5.05. The fourth-order valence-corrected chi connectivity index (χ4v) is 2.66. The molecule has 0 fully saturated rings. The highest BCUT2D eigenvalue weighted by Crippen LogP contribution is 2.25. The molecule has 0 aliphatic rings. The number of benzene rings is 1. The van der Waals surface area contributed by atoms with Gasteiger partial charge in [-0.1, -0.05) is 0 Å². The van der Waals surface area contributed by atoms with Gasteiger partial charge in [0.15, 0.2) is 0 Å². The van der Waals surface area contributed by atoms with Gasteiger partial charge in [0, 0.05) is 4.88 Å². The number of rotatable bonds is 4. The largest absolute Gasteiger partial charge is 0.271 e. The predicted molar refractivity (Wildman–Crippen MR) is 67.0 cm³/mol. The van der Waals surface area contributed by atoms with Crippen LogP contribution in [0.2, 0.25) is 0 Å². The smallest absolute Gasteiger partial charge is 0.126 e. The lowest BCUT2D eigenvalue weighted by Crippen LogP contribution is -2.29. The second-order valence-electron chi connectivity index (χ2n) is 3.96. The first kappa shape index (κ1) is 13.1. The number of hydrazine groups is 1. The molecular weight excluding hydrogens is 256 g/mol. The number of hydrogen-bond acceptors (Lipinski definition) is 4. The van der Waals surface area contributed by atoms with Crippen molar-refractivity contribution in [3.05, 3.63) is 51.5 Å². The van der Waals surface area contributed by atoms with Crippen LogP contribution in [0.1, 0.15) is 22.2 Å². The summed E-state index contributed by atoms with van der Waals surface area (Å²) in [5, 5.41) is 0. The van der Waals surface area contributed by atoms with Crippen molar-refractivity contribution < 1.29 is 8.78 Å². The van der Waals surface area contributed by atoms with E-state index in [1.54, 1.807) is 5.51 Å².